The fraction of sp³-hybridized carbons (Fsp3) is 0.533. The molecular formula is C30H41BrN2O2. The van der Waals surface area contributed by atoms with Gasteiger partial charge < -0.3 is 10.0 Å². The predicted octanol–water partition coefficient (Wildman–Crippen LogP) is 7.47. The summed E-state index contributed by atoms with van der Waals surface area (Å²) in [5, 5.41) is 11.1. The average Bonchev–Trinajstić information content (AvgIpc) is 3.08. The first-order valence-electron chi connectivity index (χ1n) is 12.8. The van der Waals surface area contributed by atoms with E-state index in [1.165, 1.54) is 5.56 Å². The number of phenolic OH excluding ortho intramolecular Hbond substituents is 1. The molecule has 0 aromatic heterocycles. The van der Waals surface area contributed by atoms with Crippen LogP contribution in [-0.2, 0) is 17.3 Å². The molecule has 3 rings (SSSR count). The summed E-state index contributed by atoms with van der Waals surface area (Å²) in [4.78, 5) is 15.8. The van der Waals surface area contributed by atoms with Gasteiger partial charge in [-0.25, -0.2) is 0 Å². The standard InChI is InChI=1S/C30H41BrN2O2/c1-8-12-21-18-33(28(32-31)23(21)15-20-13-10-9-11-14-20)19-26(34)22-16-24(29(2,3)4)27(35)25(17-22)30(5,6)7/h9-11,13-14,16-17,21,23,35H,8,12,15,18-19H2,1-7H3/b32-28-/t21-,23-/m1/s1. The molecule has 2 atom stereocenters. The van der Waals surface area contributed by atoms with Gasteiger partial charge in [-0.1, -0.05) is 85.2 Å². The van der Waals surface area contributed by atoms with Crippen molar-refractivity contribution in [3.05, 3.63) is 64.7 Å². The van der Waals surface area contributed by atoms with Crippen molar-refractivity contribution in [2.24, 2.45) is 15.9 Å². The Labute approximate surface area is 220 Å². The van der Waals surface area contributed by atoms with E-state index in [0.29, 0.717) is 17.2 Å². The number of hydrogen-bond acceptors (Lipinski definition) is 3. The molecule has 1 aliphatic heterocycles. The van der Waals surface area contributed by atoms with Gasteiger partial charge in [-0.2, -0.15) is 4.02 Å². The topological polar surface area (TPSA) is 52.9 Å². The molecule has 0 unspecified atom stereocenters. The molecule has 1 saturated heterocycles. The summed E-state index contributed by atoms with van der Waals surface area (Å²) in [6, 6.07) is 14.3. The lowest BCUT2D eigenvalue weighted by molar-refractivity contribution is 0.0963. The van der Waals surface area contributed by atoms with Crippen LogP contribution in [0.25, 0.3) is 0 Å². The highest BCUT2D eigenvalue weighted by molar-refractivity contribution is 9.08. The summed E-state index contributed by atoms with van der Waals surface area (Å²) < 4.78 is 4.52. The van der Waals surface area contributed by atoms with Gasteiger partial charge in [0.1, 0.15) is 11.6 Å². The van der Waals surface area contributed by atoms with E-state index in [9.17, 15) is 9.90 Å². The van der Waals surface area contributed by atoms with Gasteiger partial charge in [-0.3, -0.25) is 4.79 Å². The number of benzene rings is 2. The van der Waals surface area contributed by atoms with E-state index in [0.717, 1.165) is 42.8 Å². The molecular weight excluding hydrogens is 500 g/mol. The molecule has 1 heterocycles. The summed E-state index contributed by atoms with van der Waals surface area (Å²) in [6.07, 6.45) is 3.13. The molecule has 2 aromatic carbocycles. The van der Waals surface area contributed by atoms with Crippen LogP contribution in [0.15, 0.2) is 46.5 Å². The van der Waals surface area contributed by atoms with Gasteiger partial charge in [0.25, 0.3) is 0 Å². The lowest BCUT2D eigenvalue weighted by Crippen LogP contribution is -2.33. The monoisotopic (exact) mass is 540 g/mol. The number of halogens is 1. The van der Waals surface area contributed by atoms with Gasteiger partial charge in [-0.05, 0) is 47.3 Å². The van der Waals surface area contributed by atoms with E-state index in [1.807, 2.05) is 18.2 Å². The third-order valence-electron chi connectivity index (χ3n) is 7.11. The highest BCUT2D eigenvalue weighted by Gasteiger charge is 2.39. The summed E-state index contributed by atoms with van der Waals surface area (Å²) in [7, 11) is 0. The fourth-order valence-electron chi connectivity index (χ4n) is 5.20. The summed E-state index contributed by atoms with van der Waals surface area (Å²) >= 11 is 3.38. The lowest BCUT2D eigenvalue weighted by atomic mass is 9.78. The van der Waals surface area contributed by atoms with Crippen LogP contribution in [0.5, 0.6) is 5.75 Å². The van der Waals surface area contributed by atoms with E-state index in [-0.39, 0.29) is 29.1 Å². The van der Waals surface area contributed by atoms with Crippen molar-refractivity contribution in [2.75, 3.05) is 13.1 Å². The van der Waals surface area contributed by atoms with Crippen molar-refractivity contribution >= 4 is 27.8 Å². The molecule has 0 spiro atoms. The van der Waals surface area contributed by atoms with Gasteiger partial charge in [0.05, 0.1) is 22.7 Å². The number of aromatic hydroxyl groups is 1. The molecule has 190 valence electrons. The molecule has 0 saturated carbocycles. The zero-order chi connectivity index (χ0) is 26.0. The van der Waals surface area contributed by atoms with E-state index >= 15 is 0 Å². The van der Waals surface area contributed by atoms with Crippen LogP contribution >= 0.6 is 16.1 Å². The van der Waals surface area contributed by atoms with E-state index in [1.54, 1.807) is 0 Å². The number of rotatable bonds is 7. The van der Waals surface area contributed by atoms with Gasteiger partial charge in [-0.15, -0.1) is 0 Å². The first-order chi connectivity index (χ1) is 16.4. The van der Waals surface area contributed by atoms with Crippen LogP contribution in [0.4, 0.5) is 0 Å². The third-order valence-corrected chi connectivity index (χ3v) is 7.47. The molecule has 0 bridgehead atoms. The normalized spacial score (nSPS) is 20.0. The Balaban J connectivity index is 1.92. The average molecular weight is 542 g/mol. The van der Waals surface area contributed by atoms with Crippen LogP contribution in [0.3, 0.4) is 0 Å². The van der Waals surface area contributed by atoms with Gasteiger partial charge in [0, 0.05) is 29.2 Å². The van der Waals surface area contributed by atoms with E-state index < -0.39 is 0 Å². The quantitative estimate of drug-likeness (QED) is 0.370. The zero-order valence-electron chi connectivity index (χ0n) is 22.4. The first-order valence-corrected chi connectivity index (χ1v) is 13.5. The molecule has 35 heavy (non-hydrogen) atoms. The van der Waals surface area contributed by atoms with Crippen molar-refractivity contribution in [3.63, 3.8) is 0 Å². The fourth-order valence-corrected chi connectivity index (χ4v) is 5.69. The number of carbonyl (C=O) groups excluding carboxylic acids is 1. The molecule has 2 aromatic rings. The second-order valence-electron chi connectivity index (χ2n) is 12.0. The maximum atomic E-state index is 13.7. The second-order valence-corrected chi connectivity index (χ2v) is 12.4. The highest BCUT2D eigenvalue weighted by atomic mass is 79.9. The maximum Gasteiger partial charge on any atom is 0.182 e. The van der Waals surface area contributed by atoms with Crippen LogP contribution < -0.4 is 0 Å². The van der Waals surface area contributed by atoms with E-state index in [4.69, 9.17) is 0 Å². The van der Waals surface area contributed by atoms with Crippen LogP contribution in [0.1, 0.15) is 88.4 Å². The van der Waals surface area contributed by atoms with Crippen molar-refractivity contribution in [2.45, 2.75) is 78.6 Å². The number of nitrogens with zero attached hydrogens (tertiary/aromatic N) is 2. The lowest BCUT2D eigenvalue weighted by Gasteiger charge is -2.28. The number of ketones is 1. The van der Waals surface area contributed by atoms with Crippen molar-refractivity contribution in [3.8, 4) is 5.75 Å². The van der Waals surface area contributed by atoms with Gasteiger partial charge in [0.15, 0.2) is 5.78 Å². The number of Topliss-reactive ketones (excluding diaryl/α,β-unsaturated/α-hetero) is 1. The van der Waals surface area contributed by atoms with Crippen LogP contribution in [0, 0.1) is 11.8 Å². The molecule has 5 heteroatoms. The van der Waals surface area contributed by atoms with Crippen molar-refractivity contribution < 1.29 is 9.90 Å². The SMILES string of the molecule is CCC[C@@H]1CN(CC(=O)c2cc(C(C)(C)C)c(O)c(C(C)(C)C)c2)/C(=N\Br)[C@@H]1Cc1ccccc1. The Bertz CT molecular complexity index is 1030. The smallest absolute Gasteiger partial charge is 0.182 e. The predicted molar refractivity (Wildman–Crippen MR) is 150 cm³/mol. The maximum absolute atomic E-state index is 13.7. The number of phenols is 1. The molecule has 0 amide bonds. The van der Waals surface area contributed by atoms with Crippen LogP contribution in [0.2, 0.25) is 0 Å². The number of amidine groups is 1. The minimum atomic E-state index is -0.274. The molecule has 1 aliphatic rings. The largest absolute Gasteiger partial charge is 0.507 e. The summed E-state index contributed by atoms with van der Waals surface area (Å²) in [5.74, 6) is 2.06. The number of likely N-dealkylation sites (tertiary alicyclic amines) is 1. The molecule has 1 N–H and O–H groups in total. The molecule has 0 radical (unpaired) electrons. The minimum Gasteiger partial charge on any atom is -0.507 e. The molecule has 1 fully saturated rings. The van der Waals surface area contributed by atoms with Crippen LogP contribution in [-0.4, -0.2) is 34.7 Å². The third kappa shape index (κ3) is 6.35. The first kappa shape index (κ1) is 27.4. The van der Waals surface area contributed by atoms with E-state index in [2.05, 4.69) is 97.8 Å². The summed E-state index contributed by atoms with van der Waals surface area (Å²) in [5.41, 5.74) is 3.03. The minimum absolute atomic E-state index is 0.0604. The number of hydrogen-bond donors (Lipinski definition) is 1. The summed E-state index contributed by atoms with van der Waals surface area (Å²) in [6.45, 7) is 15.8. The Morgan fingerprint density at radius 1 is 1.06 bits per heavy atom. The van der Waals surface area contributed by atoms with Crippen molar-refractivity contribution in [1.82, 2.24) is 4.90 Å². The zero-order valence-corrected chi connectivity index (χ0v) is 23.9. The second kappa shape index (κ2) is 10.9. The van der Waals surface area contributed by atoms with Crippen molar-refractivity contribution in [1.29, 1.82) is 0 Å². The van der Waals surface area contributed by atoms with Gasteiger partial charge >= 0.3 is 0 Å². The molecule has 0 aliphatic carbocycles. The Morgan fingerprint density at radius 2 is 1.63 bits per heavy atom. The highest BCUT2D eigenvalue weighted by Crippen LogP contribution is 2.40. The Hall–Kier alpha value is -2.14. The number of carbonyl (C=O) groups is 1. The molecule has 4 nitrogen and oxygen atoms in total. The Kier molecular flexibility index (Phi) is 8.52. The Morgan fingerprint density at radius 3 is 2.11 bits per heavy atom. The van der Waals surface area contributed by atoms with Gasteiger partial charge in [0.2, 0.25) is 0 Å².